The van der Waals surface area contributed by atoms with Gasteiger partial charge in [0.05, 0.1) is 6.04 Å². The summed E-state index contributed by atoms with van der Waals surface area (Å²) in [7, 11) is -1.50. The van der Waals surface area contributed by atoms with Crippen molar-refractivity contribution < 1.29 is 12.9 Å². The van der Waals surface area contributed by atoms with Crippen LogP contribution in [0.2, 0.25) is 0 Å². The largest absolute Gasteiger partial charge is 0.333 e. The molecular formula is C16H23N5O3S2. The highest BCUT2D eigenvalue weighted by Gasteiger charge is 2.32. The van der Waals surface area contributed by atoms with E-state index in [2.05, 4.69) is 20.4 Å². The molecule has 0 spiro atoms. The normalized spacial score (nSPS) is 23.3. The standard InChI is InChI=1S/C16H23N5O3S2/c1-20-9-6-17-11-12(20)15-18-16(24-19-15)14-13(5-10-25-14)26(22,23)21-7-3-2-4-8-21/h5,10,12,17H,2-4,6-9,11H2,1H3. The van der Waals surface area contributed by atoms with Crippen molar-refractivity contribution in [2.45, 2.75) is 30.2 Å². The average Bonchev–Trinajstić information content (AvgIpc) is 3.32. The van der Waals surface area contributed by atoms with Crippen LogP contribution in [0.1, 0.15) is 31.1 Å². The van der Waals surface area contributed by atoms with Gasteiger partial charge in [0.2, 0.25) is 10.0 Å². The molecule has 1 N–H and O–H groups in total. The van der Waals surface area contributed by atoms with E-state index >= 15 is 0 Å². The summed E-state index contributed by atoms with van der Waals surface area (Å²) in [5, 5.41) is 9.20. The van der Waals surface area contributed by atoms with Gasteiger partial charge in [-0.05, 0) is 31.3 Å². The van der Waals surface area contributed by atoms with E-state index in [-0.39, 0.29) is 16.8 Å². The Labute approximate surface area is 157 Å². The van der Waals surface area contributed by atoms with Crippen molar-refractivity contribution in [3.63, 3.8) is 0 Å². The molecule has 8 nitrogen and oxygen atoms in total. The van der Waals surface area contributed by atoms with E-state index in [4.69, 9.17) is 4.52 Å². The minimum Gasteiger partial charge on any atom is -0.333 e. The van der Waals surface area contributed by atoms with Gasteiger partial charge in [-0.3, -0.25) is 4.90 Å². The maximum Gasteiger partial charge on any atom is 0.269 e. The lowest BCUT2D eigenvalue weighted by atomic mass is 10.2. The Morgan fingerprint density at radius 1 is 1.27 bits per heavy atom. The highest BCUT2D eigenvalue weighted by atomic mass is 32.2. The first kappa shape index (κ1) is 18.1. The van der Waals surface area contributed by atoms with E-state index in [0.717, 1.165) is 38.9 Å². The van der Waals surface area contributed by atoms with Crippen molar-refractivity contribution >= 4 is 21.4 Å². The first-order valence-corrected chi connectivity index (χ1v) is 11.2. The number of likely N-dealkylation sites (N-methyl/N-ethyl adjacent to an activating group) is 1. The summed E-state index contributed by atoms with van der Waals surface area (Å²) < 4.78 is 33.1. The van der Waals surface area contributed by atoms with E-state index in [1.807, 2.05) is 7.05 Å². The summed E-state index contributed by atoms with van der Waals surface area (Å²) in [6.07, 6.45) is 2.90. The highest BCUT2D eigenvalue weighted by Crippen LogP contribution is 2.35. The smallest absolute Gasteiger partial charge is 0.269 e. The molecule has 2 aliphatic rings. The maximum atomic E-state index is 13.0. The van der Waals surface area contributed by atoms with E-state index in [1.165, 1.54) is 11.3 Å². The van der Waals surface area contributed by atoms with Gasteiger partial charge in [0.1, 0.15) is 9.77 Å². The molecule has 142 valence electrons. The second kappa shape index (κ2) is 7.35. The third-order valence-electron chi connectivity index (χ3n) is 5.01. The number of hydrogen-bond donors (Lipinski definition) is 1. The van der Waals surface area contributed by atoms with Crippen molar-refractivity contribution in [2.75, 3.05) is 39.8 Å². The van der Waals surface area contributed by atoms with Gasteiger partial charge in [0.15, 0.2) is 5.82 Å². The molecule has 1 unspecified atom stereocenters. The van der Waals surface area contributed by atoms with Gasteiger partial charge in [0, 0.05) is 32.7 Å². The van der Waals surface area contributed by atoms with Crippen LogP contribution in [0, 0.1) is 0 Å². The summed E-state index contributed by atoms with van der Waals surface area (Å²) in [5.74, 6) is 0.869. The monoisotopic (exact) mass is 397 g/mol. The Morgan fingerprint density at radius 2 is 2.08 bits per heavy atom. The molecule has 2 aliphatic heterocycles. The fourth-order valence-electron chi connectivity index (χ4n) is 3.46. The average molecular weight is 398 g/mol. The third kappa shape index (κ3) is 3.31. The molecule has 0 radical (unpaired) electrons. The van der Waals surface area contributed by atoms with Crippen LogP contribution in [-0.2, 0) is 10.0 Å². The Balaban J connectivity index is 1.63. The second-order valence-electron chi connectivity index (χ2n) is 6.74. The summed E-state index contributed by atoms with van der Waals surface area (Å²) in [4.78, 5) is 7.49. The molecule has 2 aromatic heterocycles. The molecule has 4 heterocycles. The van der Waals surface area contributed by atoms with E-state index in [1.54, 1.807) is 15.8 Å². The van der Waals surface area contributed by atoms with Crippen molar-refractivity contribution in [1.82, 2.24) is 24.7 Å². The first-order chi connectivity index (χ1) is 12.6. The van der Waals surface area contributed by atoms with Gasteiger partial charge in [-0.2, -0.15) is 9.29 Å². The summed E-state index contributed by atoms with van der Waals surface area (Å²) in [6, 6.07) is 1.67. The highest BCUT2D eigenvalue weighted by molar-refractivity contribution is 7.89. The zero-order chi connectivity index (χ0) is 18.1. The van der Waals surface area contributed by atoms with Gasteiger partial charge >= 0.3 is 0 Å². The number of thiophene rings is 1. The predicted octanol–water partition coefficient (Wildman–Crippen LogP) is 1.55. The van der Waals surface area contributed by atoms with Crippen molar-refractivity contribution in [1.29, 1.82) is 0 Å². The number of sulfonamides is 1. The Kier molecular flexibility index (Phi) is 5.11. The molecule has 2 aromatic rings. The summed E-state index contributed by atoms with van der Waals surface area (Å²) in [5.41, 5.74) is 0. The van der Waals surface area contributed by atoms with E-state index in [9.17, 15) is 8.42 Å². The molecule has 0 amide bonds. The minimum absolute atomic E-state index is 0.0309. The molecule has 0 saturated carbocycles. The number of nitrogens with zero attached hydrogens (tertiary/aromatic N) is 4. The molecule has 2 saturated heterocycles. The predicted molar refractivity (Wildman–Crippen MR) is 98.5 cm³/mol. The molecule has 10 heteroatoms. The minimum atomic E-state index is -3.53. The Hall–Kier alpha value is -1.33. The van der Waals surface area contributed by atoms with E-state index < -0.39 is 10.0 Å². The van der Waals surface area contributed by atoms with Crippen molar-refractivity contribution in [2.24, 2.45) is 0 Å². The summed E-state index contributed by atoms with van der Waals surface area (Å²) >= 11 is 1.32. The topological polar surface area (TPSA) is 91.6 Å². The van der Waals surface area contributed by atoms with Crippen LogP contribution in [-0.4, -0.2) is 67.5 Å². The summed E-state index contributed by atoms with van der Waals surface area (Å²) in [6.45, 7) is 3.73. The zero-order valence-corrected chi connectivity index (χ0v) is 16.4. The van der Waals surface area contributed by atoms with E-state index in [0.29, 0.717) is 23.8 Å². The van der Waals surface area contributed by atoms with Crippen molar-refractivity contribution in [3.05, 3.63) is 17.3 Å². The number of piperazine rings is 1. The zero-order valence-electron chi connectivity index (χ0n) is 14.7. The molecule has 0 bridgehead atoms. The molecule has 26 heavy (non-hydrogen) atoms. The van der Waals surface area contributed by atoms with Crippen LogP contribution in [0.4, 0.5) is 0 Å². The van der Waals surface area contributed by atoms with Gasteiger partial charge in [-0.25, -0.2) is 8.42 Å². The molecule has 0 aromatic carbocycles. The number of aromatic nitrogens is 2. The SMILES string of the molecule is CN1CCNCC1c1noc(-c2sccc2S(=O)(=O)N2CCCCC2)n1. The van der Waals surface area contributed by atoms with Crippen LogP contribution < -0.4 is 5.32 Å². The third-order valence-corrected chi connectivity index (χ3v) is 7.98. The first-order valence-electron chi connectivity index (χ1n) is 8.90. The lowest BCUT2D eigenvalue weighted by molar-refractivity contribution is 0.190. The lowest BCUT2D eigenvalue weighted by Crippen LogP contribution is -2.44. The maximum absolute atomic E-state index is 13.0. The number of nitrogens with one attached hydrogen (secondary N) is 1. The van der Waals surface area contributed by atoms with Gasteiger partial charge in [-0.15, -0.1) is 11.3 Å². The number of rotatable bonds is 4. The van der Waals surface area contributed by atoms with Gasteiger partial charge in [0.25, 0.3) is 5.89 Å². The second-order valence-corrected chi connectivity index (χ2v) is 9.56. The van der Waals surface area contributed by atoms with Gasteiger partial charge in [-0.1, -0.05) is 11.6 Å². The van der Waals surface area contributed by atoms with Crippen LogP contribution >= 0.6 is 11.3 Å². The van der Waals surface area contributed by atoms with Crippen molar-refractivity contribution in [3.8, 4) is 10.8 Å². The number of hydrogen-bond acceptors (Lipinski definition) is 8. The quantitative estimate of drug-likeness (QED) is 0.837. The number of piperidine rings is 1. The molecule has 2 fully saturated rings. The van der Waals surface area contributed by atoms with Crippen LogP contribution in [0.3, 0.4) is 0 Å². The Bertz CT molecular complexity index is 857. The molecule has 4 rings (SSSR count). The van der Waals surface area contributed by atoms with Crippen LogP contribution in [0.25, 0.3) is 10.8 Å². The fraction of sp³-hybridized carbons (Fsp3) is 0.625. The Morgan fingerprint density at radius 3 is 2.85 bits per heavy atom. The fourth-order valence-corrected chi connectivity index (χ4v) is 6.29. The molecule has 0 aliphatic carbocycles. The van der Waals surface area contributed by atoms with Crippen LogP contribution in [0.5, 0.6) is 0 Å². The molecule has 1 atom stereocenters. The van der Waals surface area contributed by atoms with Crippen LogP contribution in [0.15, 0.2) is 20.9 Å². The molecular weight excluding hydrogens is 374 g/mol. The lowest BCUT2D eigenvalue weighted by Gasteiger charge is -2.30. The van der Waals surface area contributed by atoms with Gasteiger partial charge < -0.3 is 9.84 Å².